The smallest absolute Gasteiger partial charge is 0.407 e. The van der Waals surface area contributed by atoms with Gasteiger partial charge in [0.2, 0.25) is 0 Å². The number of hydrogen-bond acceptors (Lipinski definition) is 3. The molecule has 1 atom stereocenters. The number of piperidine rings is 1. The fourth-order valence-electron chi connectivity index (χ4n) is 2.46. The number of nitrogens with zero attached hydrogens (tertiary/aromatic N) is 1. The lowest BCUT2D eigenvalue weighted by Crippen LogP contribution is -2.42. The molecule has 0 aromatic rings. The molecule has 0 aromatic carbocycles. The number of carbonyl (C=O) groups is 1. The molecule has 0 aromatic heterocycles. The molecule has 4 nitrogen and oxygen atoms in total. The van der Waals surface area contributed by atoms with Crippen molar-refractivity contribution in [2.45, 2.75) is 65.0 Å². The number of ether oxygens (including phenoxy) is 1. The summed E-state index contributed by atoms with van der Waals surface area (Å²) in [6.45, 7) is 10.9. The van der Waals surface area contributed by atoms with E-state index in [2.05, 4.69) is 17.1 Å². The van der Waals surface area contributed by atoms with Crippen LogP contribution in [0.15, 0.2) is 0 Å². The zero-order chi connectivity index (χ0) is 13.6. The maximum atomic E-state index is 11.5. The minimum atomic E-state index is -0.412. The molecule has 0 saturated carbocycles. The summed E-state index contributed by atoms with van der Waals surface area (Å²) in [6, 6.07) is 0.624. The molecule has 1 N–H and O–H groups in total. The van der Waals surface area contributed by atoms with Gasteiger partial charge >= 0.3 is 6.09 Å². The van der Waals surface area contributed by atoms with Gasteiger partial charge in [-0.1, -0.05) is 13.3 Å². The molecule has 106 valence electrons. The van der Waals surface area contributed by atoms with Gasteiger partial charge in [0.05, 0.1) is 0 Å². The highest BCUT2D eigenvalue weighted by molar-refractivity contribution is 5.67. The van der Waals surface area contributed by atoms with E-state index in [1.807, 2.05) is 20.8 Å². The normalized spacial score (nSPS) is 21.7. The Labute approximate surface area is 111 Å². The van der Waals surface area contributed by atoms with Crippen LogP contribution in [0.5, 0.6) is 0 Å². The van der Waals surface area contributed by atoms with Crippen molar-refractivity contribution in [2.75, 3.05) is 19.6 Å². The van der Waals surface area contributed by atoms with Crippen LogP contribution in [0, 0.1) is 0 Å². The summed E-state index contributed by atoms with van der Waals surface area (Å²) >= 11 is 0. The minimum Gasteiger partial charge on any atom is -0.444 e. The van der Waals surface area contributed by atoms with Gasteiger partial charge in [0.1, 0.15) is 5.60 Å². The van der Waals surface area contributed by atoms with Crippen molar-refractivity contribution in [1.82, 2.24) is 10.2 Å². The lowest BCUT2D eigenvalue weighted by molar-refractivity contribution is 0.0518. The van der Waals surface area contributed by atoms with E-state index >= 15 is 0 Å². The van der Waals surface area contributed by atoms with Gasteiger partial charge in [-0.25, -0.2) is 4.79 Å². The molecule has 0 aliphatic carbocycles. The quantitative estimate of drug-likeness (QED) is 0.841. The van der Waals surface area contributed by atoms with E-state index < -0.39 is 5.60 Å². The summed E-state index contributed by atoms with van der Waals surface area (Å²) in [5, 5.41) is 2.84. The first-order chi connectivity index (χ1) is 8.42. The Morgan fingerprint density at radius 2 is 2.11 bits per heavy atom. The van der Waals surface area contributed by atoms with Crippen LogP contribution in [-0.2, 0) is 4.74 Å². The zero-order valence-electron chi connectivity index (χ0n) is 12.3. The van der Waals surface area contributed by atoms with Crippen molar-refractivity contribution >= 4 is 6.09 Å². The van der Waals surface area contributed by atoms with Crippen LogP contribution in [0.3, 0.4) is 0 Å². The average Bonchev–Trinajstić information content (AvgIpc) is 2.27. The highest BCUT2D eigenvalue weighted by Gasteiger charge is 2.21. The van der Waals surface area contributed by atoms with E-state index in [1.165, 1.54) is 25.8 Å². The van der Waals surface area contributed by atoms with Crippen molar-refractivity contribution in [3.8, 4) is 0 Å². The van der Waals surface area contributed by atoms with Crippen LogP contribution in [0.25, 0.3) is 0 Å². The topological polar surface area (TPSA) is 41.6 Å². The maximum absolute atomic E-state index is 11.5. The van der Waals surface area contributed by atoms with E-state index in [-0.39, 0.29) is 6.09 Å². The van der Waals surface area contributed by atoms with Crippen LogP contribution >= 0.6 is 0 Å². The molecule has 1 fully saturated rings. The number of amides is 1. The van der Waals surface area contributed by atoms with E-state index in [4.69, 9.17) is 4.74 Å². The molecular weight excluding hydrogens is 228 g/mol. The number of hydrogen-bond donors (Lipinski definition) is 1. The molecule has 0 bridgehead atoms. The second kappa shape index (κ2) is 6.98. The van der Waals surface area contributed by atoms with Crippen LogP contribution in [-0.4, -0.2) is 42.3 Å². The summed E-state index contributed by atoms with van der Waals surface area (Å²) in [7, 11) is 0. The lowest BCUT2D eigenvalue weighted by atomic mass is 9.99. The second-order valence-corrected chi connectivity index (χ2v) is 6.00. The molecular formula is C14H28N2O2. The molecule has 4 heteroatoms. The van der Waals surface area contributed by atoms with Crippen LogP contribution in [0.1, 0.15) is 53.4 Å². The van der Waals surface area contributed by atoms with Gasteiger partial charge in [-0.15, -0.1) is 0 Å². The van der Waals surface area contributed by atoms with Gasteiger partial charge in [0.25, 0.3) is 0 Å². The van der Waals surface area contributed by atoms with Gasteiger partial charge in [0, 0.05) is 12.6 Å². The van der Waals surface area contributed by atoms with E-state index in [9.17, 15) is 4.79 Å². The summed E-state index contributed by atoms with van der Waals surface area (Å²) < 4.78 is 5.22. The zero-order valence-corrected chi connectivity index (χ0v) is 12.3. The van der Waals surface area contributed by atoms with Crippen LogP contribution in [0.4, 0.5) is 4.79 Å². The van der Waals surface area contributed by atoms with Crippen molar-refractivity contribution in [2.24, 2.45) is 0 Å². The van der Waals surface area contributed by atoms with Crippen molar-refractivity contribution in [3.63, 3.8) is 0 Å². The van der Waals surface area contributed by atoms with Crippen molar-refractivity contribution < 1.29 is 9.53 Å². The predicted molar refractivity (Wildman–Crippen MR) is 73.7 cm³/mol. The van der Waals surface area contributed by atoms with Crippen LogP contribution < -0.4 is 5.32 Å². The molecule has 1 aliphatic heterocycles. The number of carbonyl (C=O) groups excluding carboxylic acids is 1. The second-order valence-electron chi connectivity index (χ2n) is 6.00. The lowest BCUT2D eigenvalue weighted by Gasteiger charge is -2.35. The number of likely N-dealkylation sites (tertiary alicyclic amines) is 1. The number of nitrogens with one attached hydrogen (secondary N) is 1. The van der Waals surface area contributed by atoms with Crippen molar-refractivity contribution in [1.29, 1.82) is 0 Å². The Kier molecular flexibility index (Phi) is 5.93. The Bertz CT molecular complexity index is 261. The Morgan fingerprint density at radius 3 is 2.72 bits per heavy atom. The first-order valence-corrected chi connectivity index (χ1v) is 7.13. The fraction of sp³-hybridized carbons (Fsp3) is 0.929. The van der Waals surface area contributed by atoms with Gasteiger partial charge in [0.15, 0.2) is 0 Å². The minimum absolute atomic E-state index is 0.304. The van der Waals surface area contributed by atoms with Gasteiger partial charge in [-0.3, -0.25) is 0 Å². The standard InChI is InChI=1S/C14H28N2O2/c1-5-16-11-7-6-8-12(16)9-10-15-13(17)18-14(2,3)4/h12H,5-11H2,1-4H3,(H,15,17). The SMILES string of the molecule is CCN1CCCCC1CCNC(=O)OC(C)(C)C. The molecule has 0 radical (unpaired) electrons. The van der Waals surface area contributed by atoms with Gasteiger partial charge < -0.3 is 15.0 Å². The maximum Gasteiger partial charge on any atom is 0.407 e. The van der Waals surface area contributed by atoms with Crippen LogP contribution in [0.2, 0.25) is 0 Å². The molecule has 1 rings (SSSR count). The molecule has 1 heterocycles. The van der Waals surface area contributed by atoms with Crippen molar-refractivity contribution in [3.05, 3.63) is 0 Å². The number of alkyl carbamates (subject to hydrolysis) is 1. The van der Waals surface area contributed by atoms with Gasteiger partial charge in [-0.05, 0) is 53.1 Å². The third-order valence-corrected chi connectivity index (χ3v) is 3.30. The molecule has 1 aliphatic rings. The first-order valence-electron chi connectivity index (χ1n) is 7.13. The fourth-order valence-corrected chi connectivity index (χ4v) is 2.46. The predicted octanol–water partition coefficient (Wildman–Crippen LogP) is 2.78. The number of rotatable bonds is 4. The van der Waals surface area contributed by atoms with E-state index in [0.29, 0.717) is 12.6 Å². The van der Waals surface area contributed by atoms with E-state index in [1.54, 1.807) is 0 Å². The summed E-state index contributed by atoms with van der Waals surface area (Å²) in [5.74, 6) is 0. The summed E-state index contributed by atoms with van der Waals surface area (Å²) in [6.07, 6.45) is 4.59. The molecule has 0 spiro atoms. The molecule has 1 saturated heterocycles. The summed E-state index contributed by atoms with van der Waals surface area (Å²) in [5.41, 5.74) is -0.412. The monoisotopic (exact) mass is 256 g/mol. The average molecular weight is 256 g/mol. The molecule has 1 amide bonds. The van der Waals surface area contributed by atoms with Gasteiger partial charge in [-0.2, -0.15) is 0 Å². The Morgan fingerprint density at radius 1 is 1.39 bits per heavy atom. The van der Waals surface area contributed by atoms with E-state index in [0.717, 1.165) is 13.0 Å². The third-order valence-electron chi connectivity index (χ3n) is 3.30. The molecule has 18 heavy (non-hydrogen) atoms. The third kappa shape index (κ3) is 5.71. The highest BCUT2D eigenvalue weighted by atomic mass is 16.6. The largest absolute Gasteiger partial charge is 0.444 e. The first kappa shape index (κ1) is 15.3. The molecule has 1 unspecified atom stereocenters. The Hall–Kier alpha value is -0.770. The Balaban J connectivity index is 2.22. The summed E-state index contributed by atoms with van der Waals surface area (Å²) in [4.78, 5) is 14.0. The highest BCUT2D eigenvalue weighted by Crippen LogP contribution is 2.18.